The van der Waals surface area contributed by atoms with E-state index in [1.807, 2.05) is 24.3 Å². The maximum Gasteiger partial charge on any atom is 0.264 e. The minimum Gasteiger partial charge on any atom is -0.497 e. The number of ether oxygens (including phenoxy) is 1. The van der Waals surface area contributed by atoms with Gasteiger partial charge in [-0.3, -0.25) is 9.10 Å². The first-order chi connectivity index (χ1) is 15.8. The van der Waals surface area contributed by atoms with E-state index in [-0.39, 0.29) is 4.90 Å². The number of para-hydroxylation sites is 1. The molecule has 0 aliphatic rings. The second-order valence-corrected chi connectivity index (χ2v) is 9.50. The normalized spacial score (nSPS) is 11.5. The van der Waals surface area contributed by atoms with Gasteiger partial charge in [0.25, 0.3) is 15.9 Å². The zero-order chi connectivity index (χ0) is 23.8. The van der Waals surface area contributed by atoms with Gasteiger partial charge in [0.1, 0.15) is 12.3 Å². The molecule has 0 unspecified atom stereocenters. The fourth-order valence-electron chi connectivity index (χ4n) is 3.10. The molecule has 3 aromatic carbocycles. The number of anilines is 1. The highest BCUT2D eigenvalue weighted by Crippen LogP contribution is 2.24. The molecule has 0 saturated carbocycles. The Kier molecular flexibility index (Phi) is 7.84. The van der Waals surface area contributed by atoms with Gasteiger partial charge in [0.05, 0.1) is 23.9 Å². The monoisotopic (exact) mass is 465 g/mol. The third-order valence-corrected chi connectivity index (χ3v) is 6.77. The van der Waals surface area contributed by atoms with Crippen LogP contribution in [-0.2, 0) is 14.8 Å². The summed E-state index contributed by atoms with van der Waals surface area (Å²) in [7, 11) is -2.50. The fraction of sp³-hybridized carbons (Fsp3) is 0.200. The van der Waals surface area contributed by atoms with Crippen molar-refractivity contribution in [2.45, 2.75) is 24.7 Å². The zero-order valence-corrected chi connectivity index (χ0v) is 19.6. The van der Waals surface area contributed by atoms with E-state index < -0.39 is 22.5 Å². The first-order valence-corrected chi connectivity index (χ1v) is 11.9. The van der Waals surface area contributed by atoms with Crippen molar-refractivity contribution in [1.29, 1.82) is 0 Å². The lowest BCUT2D eigenvalue weighted by Crippen LogP contribution is -2.39. The predicted molar refractivity (Wildman–Crippen MR) is 130 cm³/mol. The second-order valence-electron chi connectivity index (χ2n) is 7.64. The van der Waals surface area contributed by atoms with E-state index >= 15 is 0 Å². The van der Waals surface area contributed by atoms with Crippen molar-refractivity contribution in [3.63, 3.8) is 0 Å². The number of methoxy groups -OCH3 is 1. The Morgan fingerprint density at radius 2 is 1.64 bits per heavy atom. The van der Waals surface area contributed by atoms with Gasteiger partial charge in [0, 0.05) is 0 Å². The quantitative estimate of drug-likeness (QED) is 0.380. The molecule has 172 valence electrons. The predicted octanol–water partition coefficient (Wildman–Crippen LogP) is 4.16. The molecule has 0 aliphatic carbocycles. The summed E-state index contributed by atoms with van der Waals surface area (Å²) in [6.45, 7) is 3.80. The summed E-state index contributed by atoms with van der Waals surface area (Å²) in [6.07, 6.45) is 1.52. The van der Waals surface area contributed by atoms with E-state index in [1.165, 1.54) is 31.0 Å². The molecule has 7 nitrogen and oxygen atoms in total. The number of nitrogens with zero attached hydrogens (tertiary/aromatic N) is 2. The number of carbonyl (C=O) groups excluding carboxylic acids is 1. The average Bonchev–Trinajstić information content (AvgIpc) is 2.83. The molecule has 1 N–H and O–H groups in total. The first kappa shape index (κ1) is 24.0. The van der Waals surface area contributed by atoms with Crippen LogP contribution in [0.1, 0.15) is 30.9 Å². The Balaban J connectivity index is 1.77. The molecule has 0 spiro atoms. The van der Waals surface area contributed by atoms with Crippen LogP contribution in [0.5, 0.6) is 5.75 Å². The molecule has 0 saturated heterocycles. The molecular formula is C25H27N3O4S. The number of hydrazone groups is 1. The van der Waals surface area contributed by atoms with Crippen LogP contribution in [0.2, 0.25) is 0 Å². The smallest absolute Gasteiger partial charge is 0.264 e. The van der Waals surface area contributed by atoms with Gasteiger partial charge in [-0.05, 0) is 53.4 Å². The summed E-state index contributed by atoms with van der Waals surface area (Å²) in [5.74, 6) is 0.395. The van der Waals surface area contributed by atoms with Crippen LogP contribution in [0.25, 0.3) is 0 Å². The molecule has 0 bridgehead atoms. The van der Waals surface area contributed by atoms with Crippen LogP contribution in [0.4, 0.5) is 5.69 Å². The van der Waals surface area contributed by atoms with Crippen molar-refractivity contribution in [3.05, 3.63) is 90.0 Å². The summed E-state index contributed by atoms with van der Waals surface area (Å²) in [5, 5.41) is 3.98. The topological polar surface area (TPSA) is 88.1 Å². The van der Waals surface area contributed by atoms with Crippen LogP contribution in [0.3, 0.4) is 0 Å². The van der Waals surface area contributed by atoms with Gasteiger partial charge in [0.15, 0.2) is 0 Å². The summed E-state index contributed by atoms with van der Waals surface area (Å²) in [4.78, 5) is 12.6. The van der Waals surface area contributed by atoms with Crippen molar-refractivity contribution in [2.24, 2.45) is 5.10 Å². The van der Waals surface area contributed by atoms with Crippen LogP contribution in [0.15, 0.2) is 88.9 Å². The number of hydrogen-bond acceptors (Lipinski definition) is 5. The van der Waals surface area contributed by atoms with Gasteiger partial charge in [-0.15, -0.1) is 0 Å². The largest absolute Gasteiger partial charge is 0.497 e. The van der Waals surface area contributed by atoms with Gasteiger partial charge < -0.3 is 4.74 Å². The molecule has 3 rings (SSSR count). The number of nitrogens with one attached hydrogen (secondary N) is 1. The van der Waals surface area contributed by atoms with E-state index in [2.05, 4.69) is 24.4 Å². The Morgan fingerprint density at radius 3 is 2.21 bits per heavy atom. The summed E-state index contributed by atoms with van der Waals surface area (Å²) < 4.78 is 32.8. The highest BCUT2D eigenvalue weighted by atomic mass is 32.2. The van der Waals surface area contributed by atoms with E-state index in [1.54, 1.807) is 42.5 Å². The van der Waals surface area contributed by atoms with E-state index in [0.29, 0.717) is 17.4 Å². The van der Waals surface area contributed by atoms with E-state index in [4.69, 9.17) is 4.74 Å². The maximum atomic E-state index is 13.3. The van der Waals surface area contributed by atoms with Crippen molar-refractivity contribution in [1.82, 2.24) is 5.43 Å². The van der Waals surface area contributed by atoms with Crippen molar-refractivity contribution >= 4 is 27.8 Å². The van der Waals surface area contributed by atoms with Crippen LogP contribution in [-0.4, -0.2) is 34.2 Å². The Morgan fingerprint density at radius 1 is 1.00 bits per heavy atom. The lowest BCUT2D eigenvalue weighted by atomic mass is 10.0. The van der Waals surface area contributed by atoms with Gasteiger partial charge in [-0.2, -0.15) is 5.10 Å². The van der Waals surface area contributed by atoms with Crippen molar-refractivity contribution in [2.75, 3.05) is 18.0 Å². The molecule has 0 aromatic heterocycles. The molecule has 0 heterocycles. The van der Waals surface area contributed by atoms with Gasteiger partial charge in [-0.25, -0.2) is 13.8 Å². The summed E-state index contributed by atoms with van der Waals surface area (Å²) in [5.41, 5.74) is 4.82. The highest BCUT2D eigenvalue weighted by molar-refractivity contribution is 7.92. The van der Waals surface area contributed by atoms with Crippen molar-refractivity contribution < 1.29 is 17.9 Å². The van der Waals surface area contributed by atoms with Crippen LogP contribution >= 0.6 is 0 Å². The van der Waals surface area contributed by atoms with Crippen LogP contribution in [0, 0.1) is 0 Å². The second kappa shape index (κ2) is 10.8. The lowest BCUT2D eigenvalue weighted by molar-refractivity contribution is -0.119. The molecule has 1 amide bonds. The lowest BCUT2D eigenvalue weighted by Gasteiger charge is -2.23. The van der Waals surface area contributed by atoms with Crippen molar-refractivity contribution in [3.8, 4) is 5.75 Å². The molecule has 3 aromatic rings. The highest BCUT2D eigenvalue weighted by Gasteiger charge is 2.27. The Labute approximate surface area is 194 Å². The van der Waals surface area contributed by atoms with E-state index in [9.17, 15) is 13.2 Å². The third kappa shape index (κ3) is 6.20. The third-order valence-electron chi connectivity index (χ3n) is 4.98. The molecule has 33 heavy (non-hydrogen) atoms. The Hall–Kier alpha value is -3.65. The molecule has 0 atom stereocenters. The first-order valence-electron chi connectivity index (χ1n) is 10.4. The number of benzene rings is 3. The van der Waals surface area contributed by atoms with E-state index in [0.717, 1.165) is 9.87 Å². The SMILES string of the molecule is COc1ccc(S(=O)(=O)N(CC(=O)N/N=C\c2ccc(C(C)C)cc2)c2ccccc2)cc1. The summed E-state index contributed by atoms with van der Waals surface area (Å²) in [6, 6.07) is 22.3. The number of carbonyl (C=O) groups is 1. The van der Waals surface area contributed by atoms with Gasteiger partial charge >= 0.3 is 0 Å². The average molecular weight is 466 g/mol. The standard InChI is InChI=1S/C25H27N3O4S/c1-19(2)21-11-9-20(10-12-21)17-26-27-25(29)18-28(22-7-5-4-6-8-22)33(30,31)24-15-13-23(32-3)14-16-24/h4-17,19H,18H2,1-3H3,(H,27,29)/b26-17-. The number of hydrogen-bond donors (Lipinski definition) is 1. The molecule has 0 aliphatic heterocycles. The molecule has 0 radical (unpaired) electrons. The molecule has 8 heteroatoms. The Bertz CT molecular complexity index is 1190. The minimum absolute atomic E-state index is 0.0497. The molecule has 0 fully saturated rings. The summed E-state index contributed by atoms with van der Waals surface area (Å²) >= 11 is 0. The number of amides is 1. The number of rotatable bonds is 9. The maximum absolute atomic E-state index is 13.3. The molecular weight excluding hydrogens is 438 g/mol. The van der Waals surface area contributed by atoms with Crippen LogP contribution < -0.4 is 14.5 Å². The number of sulfonamides is 1. The van der Waals surface area contributed by atoms with Gasteiger partial charge in [0.2, 0.25) is 0 Å². The minimum atomic E-state index is -4.00. The fourth-order valence-corrected chi connectivity index (χ4v) is 4.52. The zero-order valence-electron chi connectivity index (χ0n) is 18.8. The van der Waals surface area contributed by atoms with Gasteiger partial charge in [-0.1, -0.05) is 56.3 Å².